The predicted molar refractivity (Wildman–Crippen MR) is 104 cm³/mol. The Bertz CT molecular complexity index is 811. The van der Waals surface area contributed by atoms with E-state index in [4.69, 9.17) is 9.47 Å². The van der Waals surface area contributed by atoms with E-state index >= 15 is 0 Å². The van der Waals surface area contributed by atoms with Crippen LogP contribution in [0.2, 0.25) is 0 Å². The van der Waals surface area contributed by atoms with E-state index in [1.54, 1.807) is 0 Å². The van der Waals surface area contributed by atoms with Gasteiger partial charge in [-0.25, -0.2) is 4.79 Å². The van der Waals surface area contributed by atoms with E-state index in [1.807, 2.05) is 53.9 Å². The number of aryl methyl sites for hydroxylation is 1. The highest BCUT2D eigenvalue weighted by atomic mass is 32.2. The van der Waals surface area contributed by atoms with Crippen molar-refractivity contribution in [3.63, 3.8) is 0 Å². The van der Waals surface area contributed by atoms with Gasteiger partial charge in [0.05, 0.1) is 0 Å². The zero-order valence-electron chi connectivity index (χ0n) is 14.7. The second-order valence-electron chi connectivity index (χ2n) is 6.55. The molecule has 1 N–H and O–H groups in total. The highest BCUT2D eigenvalue weighted by Crippen LogP contribution is 2.40. The first-order valence-electron chi connectivity index (χ1n) is 8.83. The van der Waals surface area contributed by atoms with Gasteiger partial charge in [0, 0.05) is 29.8 Å². The van der Waals surface area contributed by atoms with Gasteiger partial charge in [-0.3, -0.25) is 0 Å². The number of hydrogen-bond donors (Lipinski definition) is 1. The van der Waals surface area contributed by atoms with Crippen LogP contribution >= 0.6 is 11.8 Å². The third kappa shape index (κ3) is 3.75. The number of ether oxygens (including phenoxy) is 2. The molecule has 2 aromatic rings. The lowest BCUT2D eigenvalue weighted by Gasteiger charge is -2.21. The van der Waals surface area contributed by atoms with Gasteiger partial charge in [0.25, 0.3) is 0 Å². The van der Waals surface area contributed by atoms with Crippen LogP contribution in [0.25, 0.3) is 0 Å². The van der Waals surface area contributed by atoms with E-state index in [0.717, 1.165) is 48.0 Å². The van der Waals surface area contributed by atoms with Gasteiger partial charge in [0.1, 0.15) is 0 Å². The van der Waals surface area contributed by atoms with E-state index in [2.05, 4.69) is 17.4 Å². The third-order valence-corrected chi connectivity index (χ3v) is 5.99. The van der Waals surface area contributed by atoms with Gasteiger partial charge in [-0.1, -0.05) is 18.2 Å². The number of hydrogen-bond acceptors (Lipinski definition) is 4. The van der Waals surface area contributed by atoms with Crippen LogP contribution in [-0.2, 0) is 0 Å². The predicted octanol–water partition coefficient (Wildman–Crippen LogP) is 4.44. The fourth-order valence-electron chi connectivity index (χ4n) is 3.28. The lowest BCUT2D eigenvalue weighted by molar-refractivity contribution is 0.174. The summed E-state index contributed by atoms with van der Waals surface area (Å²) in [5, 5.41) is 3.37. The Morgan fingerprint density at radius 2 is 2.04 bits per heavy atom. The molecule has 1 atom stereocenters. The fraction of sp³-hybridized carbons (Fsp3) is 0.350. The first kappa shape index (κ1) is 17.1. The number of thioether (sulfide) groups is 1. The van der Waals surface area contributed by atoms with Crippen LogP contribution in [0.4, 0.5) is 10.5 Å². The third-order valence-electron chi connectivity index (χ3n) is 4.67. The molecule has 0 bridgehead atoms. The Hall–Kier alpha value is -2.34. The number of benzene rings is 2. The molecule has 2 aliphatic heterocycles. The molecule has 0 radical (unpaired) electrons. The molecule has 0 aliphatic carbocycles. The number of urea groups is 1. The van der Waals surface area contributed by atoms with Crippen molar-refractivity contribution in [2.45, 2.75) is 18.6 Å². The minimum absolute atomic E-state index is 0.0254. The van der Waals surface area contributed by atoms with E-state index in [-0.39, 0.29) is 6.03 Å². The van der Waals surface area contributed by atoms with Gasteiger partial charge in [-0.15, -0.1) is 0 Å². The van der Waals surface area contributed by atoms with Gasteiger partial charge in [-0.2, -0.15) is 11.8 Å². The van der Waals surface area contributed by atoms with Crippen LogP contribution in [0.15, 0.2) is 42.5 Å². The minimum atomic E-state index is -0.0254. The molecule has 0 aromatic heterocycles. The lowest BCUT2D eigenvalue weighted by atomic mass is 10.1. The molecule has 6 heteroatoms. The molecule has 5 nitrogen and oxygen atoms in total. The minimum Gasteiger partial charge on any atom is -0.454 e. The van der Waals surface area contributed by atoms with Crippen molar-refractivity contribution in [2.24, 2.45) is 0 Å². The largest absolute Gasteiger partial charge is 0.454 e. The number of carbonyl (C=O) groups is 1. The normalized spacial score (nSPS) is 19.1. The maximum absolute atomic E-state index is 12.6. The standard InChI is InChI=1S/C20H22N2O3S/c1-14-3-2-4-16(11-14)21-20(23)22-8-7-19(26-10-9-22)15-5-6-17-18(12-15)25-13-24-17/h2-6,11-12,19H,7-10,13H2,1H3,(H,21,23). The highest BCUT2D eigenvalue weighted by molar-refractivity contribution is 7.99. The molecule has 2 heterocycles. The first-order chi connectivity index (χ1) is 12.7. The zero-order chi connectivity index (χ0) is 17.9. The number of nitrogens with one attached hydrogen (secondary N) is 1. The number of anilines is 1. The second-order valence-corrected chi connectivity index (χ2v) is 7.86. The molecule has 0 saturated carbocycles. The summed E-state index contributed by atoms with van der Waals surface area (Å²) in [4.78, 5) is 14.5. The smallest absolute Gasteiger partial charge is 0.321 e. The molecule has 0 spiro atoms. The van der Waals surface area contributed by atoms with Gasteiger partial charge in [-0.05, 0) is 48.7 Å². The Kier molecular flexibility index (Phi) is 4.93. The van der Waals surface area contributed by atoms with Crippen LogP contribution in [-0.4, -0.2) is 36.6 Å². The van der Waals surface area contributed by atoms with Crippen LogP contribution < -0.4 is 14.8 Å². The summed E-state index contributed by atoms with van der Waals surface area (Å²) in [6, 6.07) is 14.0. The quantitative estimate of drug-likeness (QED) is 0.849. The maximum atomic E-state index is 12.6. The van der Waals surface area contributed by atoms with Crippen LogP contribution in [0.5, 0.6) is 11.5 Å². The van der Waals surface area contributed by atoms with E-state index < -0.39 is 0 Å². The number of amides is 2. The number of carbonyl (C=O) groups excluding carboxylic acids is 1. The Morgan fingerprint density at radius 1 is 1.15 bits per heavy atom. The fourth-order valence-corrected chi connectivity index (χ4v) is 4.50. The highest BCUT2D eigenvalue weighted by Gasteiger charge is 2.24. The maximum Gasteiger partial charge on any atom is 0.321 e. The number of fused-ring (bicyclic) bond motifs is 1. The van der Waals surface area contributed by atoms with Gasteiger partial charge >= 0.3 is 6.03 Å². The van der Waals surface area contributed by atoms with Crippen LogP contribution in [0, 0.1) is 6.92 Å². The summed E-state index contributed by atoms with van der Waals surface area (Å²) in [6.07, 6.45) is 0.922. The average molecular weight is 370 g/mol. The molecule has 1 fully saturated rings. The van der Waals surface area contributed by atoms with Crippen molar-refractivity contribution in [3.05, 3.63) is 53.6 Å². The summed E-state index contributed by atoms with van der Waals surface area (Å²) >= 11 is 1.89. The van der Waals surface area contributed by atoms with Crippen molar-refractivity contribution in [3.8, 4) is 11.5 Å². The van der Waals surface area contributed by atoms with Gasteiger partial charge in [0.2, 0.25) is 6.79 Å². The monoisotopic (exact) mass is 370 g/mol. The van der Waals surface area contributed by atoms with Crippen molar-refractivity contribution >= 4 is 23.5 Å². The molecule has 4 rings (SSSR count). The van der Waals surface area contributed by atoms with Crippen molar-refractivity contribution in [2.75, 3.05) is 31.0 Å². The van der Waals surface area contributed by atoms with Crippen molar-refractivity contribution in [1.29, 1.82) is 0 Å². The SMILES string of the molecule is Cc1cccc(NC(=O)N2CCSC(c3ccc4c(c3)OCO4)CC2)c1. The van der Waals surface area contributed by atoms with E-state index in [0.29, 0.717) is 12.0 Å². The molecule has 2 aromatic carbocycles. The molecule has 2 aliphatic rings. The number of rotatable bonds is 2. The molecule has 1 unspecified atom stereocenters. The molecular formula is C20H22N2O3S. The Labute approximate surface area is 157 Å². The molecule has 136 valence electrons. The first-order valence-corrected chi connectivity index (χ1v) is 9.88. The van der Waals surface area contributed by atoms with E-state index in [1.165, 1.54) is 5.56 Å². The van der Waals surface area contributed by atoms with Crippen molar-refractivity contribution < 1.29 is 14.3 Å². The van der Waals surface area contributed by atoms with Gasteiger partial charge in [0.15, 0.2) is 11.5 Å². The second kappa shape index (κ2) is 7.50. The van der Waals surface area contributed by atoms with E-state index in [9.17, 15) is 4.79 Å². The summed E-state index contributed by atoms with van der Waals surface area (Å²) in [5.41, 5.74) is 3.22. The molecule has 1 saturated heterocycles. The lowest BCUT2D eigenvalue weighted by Crippen LogP contribution is -2.36. The molecule has 26 heavy (non-hydrogen) atoms. The summed E-state index contributed by atoms with van der Waals surface area (Å²) < 4.78 is 10.9. The average Bonchev–Trinajstić information content (AvgIpc) is 2.96. The molecule has 2 amide bonds. The Balaban J connectivity index is 1.39. The number of nitrogens with zero attached hydrogens (tertiary/aromatic N) is 1. The van der Waals surface area contributed by atoms with Gasteiger partial charge < -0.3 is 19.7 Å². The summed E-state index contributed by atoms with van der Waals surface area (Å²) in [5.74, 6) is 2.55. The van der Waals surface area contributed by atoms with Crippen LogP contribution in [0.1, 0.15) is 22.8 Å². The van der Waals surface area contributed by atoms with Crippen molar-refractivity contribution in [1.82, 2.24) is 4.90 Å². The molecular weight excluding hydrogens is 348 g/mol. The summed E-state index contributed by atoms with van der Waals surface area (Å²) in [7, 11) is 0. The summed E-state index contributed by atoms with van der Waals surface area (Å²) in [6.45, 7) is 3.81. The Morgan fingerprint density at radius 3 is 2.92 bits per heavy atom. The van der Waals surface area contributed by atoms with Crippen LogP contribution in [0.3, 0.4) is 0 Å². The topological polar surface area (TPSA) is 50.8 Å². The zero-order valence-corrected chi connectivity index (χ0v) is 15.6.